The van der Waals surface area contributed by atoms with Crippen LogP contribution in [0.2, 0.25) is 5.21 Å². The van der Waals surface area contributed by atoms with Gasteiger partial charge in [-0.1, -0.05) is 0 Å². The maximum atomic E-state index is 10.5. The van der Waals surface area contributed by atoms with Crippen LogP contribution in [0.4, 0.5) is 0 Å². The van der Waals surface area contributed by atoms with Crippen LogP contribution in [0.5, 0.6) is 0 Å². The SMILES string of the molecule is CC#N.[B]C1(O)C(Cn2cc(-c3ncnc4[nH]ccc34)cn2)C(O)(O)C([B])([B])C1([B])O. The number of hydrogen-bond acceptors (Lipinski definition) is 8. The number of aromatic amines is 1. The lowest BCUT2D eigenvalue weighted by Gasteiger charge is -2.44. The van der Waals surface area contributed by atoms with Gasteiger partial charge in [0.05, 0.1) is 51.6 Å². The van der Waals surface area contributed by atoms with Gasteiger partial charge < -0.3 is 25.4 Å². The van der Waals surface area contributed by atoms with Crippen molar-refractivity contribution in [3.05, 3.63) is 31.0 Å². The molecule has 10 nitrogen and oxygen atoms in total. The van der Waals surface area contributed by atoms with Gasteiger partial charge in [-0.3, -0.25) is 4.68 Å². The van der Waals surface area contributed by atoms with E-state index >= 15 is 0 Å². The molecule has 150 valence electrons. The predicted molar refractivity (Wildman–Crippen MR) is 113 cm³/mol. The summed E-state index contributed by atoms with van der Waals surface area (Å²) in [7, 11) is 22.5. The first-order valence-corrected chi connectivity index (χ1v) is 8.99. The fourth-order valence-electron chi connectivity index (χ4n) is 3.61. The van der Waals surface area contributed by atoms with Crippen LogP contribution in [-0.4, -0.2) is 93.3 Å². The maximum absolute atomic E-state index is 10.5. The van der Waals surface area contributed by atoms with E-state index < -0.39 is 27.9 Å². The summed E-state index contributed by atoms with van der Waals surface area (Å²) in [6.45, 7) is 1.07. The van der Waals surface area contributed by atoms with Crippen LogP contribution < -0.4 is 0 Å². The Labute approximate surface area is 183 Å². The molecule has 14 heteroatoms. The Morgan fingerprint density at radius 3 is 2.42 bits per heavy atom. The molecule has 0 spiro atoms. The van der Waals surface area contributed by atoms with Crippen LogP contribution in [0, 0.1) is 17.2 Å². The molecule has 0 amide bonds. The number of aromatic nitrogens is 5. The second kappa shape index (κ2) is 7.53. The Morgan fingerprint density at radius 1 is 1.19 bits per heavy atom. The number of nitriles is 1. The summed E-state index contributed by atoms with van der Waals surface area (Å²) in [6.07, 6.45) is 6.14. The molecular weight excluding hydrogens is 395 g/mol. The maximum Gasteiger partial charge on any atom is 0.161 e. The average molecular weight is 412 g/mol. The minimum absolute atomic E-state index is 0.364. The number of rotatable bonds is 3. The number of aliphatic hydroxyl groups is 4. The average Bonchev–Trinajstić information content (AvgIpc) is 3.35. The second-order valence-electron chi connectivity index (χ2n) is 7.38. The third kappa shape index (κ3) is 3.29. The molecule has 1 saturated carbocycles. The smallest absolute Gasteiger partial charge is 0.161 e. The summed E-state index contributed by atoms with van der Waals surface area (Å²) in [6, 6.07) is 3.55. The molecule has 4 rings (SSSR count). The zero-order valence-corrected chi connectivity index (χ0v) is 16.5. The standard InChI is InChI=1S/C15H13B4N5O4.C2H3N/c16-12(25)9(13(26,27)14(17,18)15(12,19)28)5-24-4-7(3-23-24)10-8-1-2-20-11(8)22-6-21-10;1-2-3/h1-4,6,9,25-28H,5H2,(H,20,21,22);1H3. The Balaban J connectivity index is 0.000000858. The van der Waals surface area contributed by atoms with Gasteiger partial charge in [0.15, 0.2) is 5.79 Å². The summed E-state index contributed by atoms with van der Waals surface area (Å²) in [5.74, 6) is -4.68. The summed E-state index contributed by atoms with van der Waals surface area (Å²) in [5.41, 5.74) is -3.79. The first-order chi connectivity index (χ1) is 14.3. The summed E-state index contributed by atoms with van der Waals surface area (Å²) < 4.78 is 1.27. The van der Waals surface area contributed by atoms with Gasteiger partial charge in [0, 0.05) is 35.8 Å². The molecule has 31 heavy (non-hydrogen) atoms. The summed E-state index contributed by atoms with van der Waals surface area (Å²) in [4.78, 5) is 11.3. The predicted octanol–water partition coefficient (Wildman–Crippen LogP) is -2.17. The van der Waals surface area contributed by atoms with E-state index in [-0.39, 0.29) is 6.54 Å². The zero-order valence-electron chi connectivity index (χ0n) is 16.5. The van der Waals surface area contributed by atoms with Crippen molar-refractivity contribution >= 4 is 42.4 Å². The third-order valence-electron chi connectivity index (χ3n) is 5.50. The van der Waals surface area contributed by atoms with Crippen molar-refractivity contribution in [3.63, 3.8) is 0 Å². The van der Waals surface area contributed by atoms with E-state index in [4.69, 9.17) is 36.6 Å². The van der Waals surface area contributed by atoms with Gasteiger partial charge in [-0.25, -0.2) is 9.97 Å². The van der Waals surface area contributed by atoms with Gasteiger partial charge in [0.25, 0.3) is 0 Å². The molecule has 0 aliphatic heterocycles. The van der Waals surface area contributed by atoms with Crippen molar-refractivity contribution in [1.29, 1.82) is 5.26 Å². The zero-order chi connectivity index (χ0) is 23.2. The Morgan fingerprint density at radius 2 is 1.84 bits per heavy atom. The van der Waals surface area contributed by atoms with E-state index in [0.29, 0.717) is 16.9 Å². The highest BCUT2D eigenvalue weighted by Crippen LogP contribution is 2.59. The quantitative estimate of drug-likeness (QED) is 0.240. The molecule has 0 bridgehead atoms. The third-order valence-corrected chi connectivity index (χ3v) is 5.50. The lowest BCUT2D eigenvalue weighted by atomic mass is 9.38. The largest absolute Gasteiger partial charge is 0.398 e. The van der Waals surface area contributed by atoms with Crippen molar-refractivity contribution in [2.24, 2.45) is 5.92 Å². The van der Waals surface area contributed by atoms with E-state index in [1.54, 1.807) is 24.5 Å². The number of nitrogens with zero attached hydrogens (tertiary/aromatic N) is 5. The molecule has 1 aliphatic carbocycles. The van der Waals surface area contributed by atoms with E-state index in [0.717, 1.165) is 5.39 Å². The van der Waals surface area contributed by atoms with Crippen molar-refractivity contribution in [2.75, 3.05) is 0 Å². The van der Waals surface area contributed by atoms with Crippen LogP contribution in [-0.2, 0) is 6.54 Å². The number of nitrogens with one attached hydrogen (secondary N) is 1. The van der Waals surface area contributed by atoms with Crippen LogP contribution in [0.3, 0.4) is 0 Å². The van der Waals surface area contributed by atoms with E-state index in [2.05, 4.69) is 20.1 Å². The first kappa shape index (κ1) is 23.1. The molecule has 5 N–H and O–H groups in total. The molecule has 3 heterocycles. The van der Waals surface area contributed by atoms with Gasteiger partial charge in [-0.2, -0.15) is 10.4 Å². The fourth-order valence-corrected chi connectivity index (χ4v) is 3.61. The van der Waals surface area contributed by atoms with Gasteiger partial charge >= 0.3 is 0 Å². The van der Waals surface area contributed by atoms with Gasteiger partial charge in [0.1, 0.15) is 27.7 Å². The van der Waals surface area contributed by atoms with Crippen molar-refractivity contribution in [3.8, 4) is 17.3 Å². The van der Waals surface area contributed by atoms with Crippen molar-refractivity contribution in [1.82, 2.24) is 24.7 Å². The van der Waals surface area contributed by atoms with E-state index in [9.17, 15) is 20.4 Å². The topological polar surface area (TPSA) is 164 Å². The van der Waals surface area contributed by atoms with Crippen molar-refractivity contribution < 1.29 is 20.4 Å². The van der Waals surface area contributed by atoms with Crippen LogP contribution in [0.25, 0.3) is 22.3 Å². The van der Waals surface area contributed by atoms with Gasteiger partial charge in [-0.05, 0) is 11.3 Å². The molecule has 3 aromatic heterocycles. The molecule has 1 fully saturated rings. The Hall–Kier alpha value is -2.58. The second-order valence-corrected chi connectivity index (χ2v) is 7.38. The van der Waals surface area contributed by atoms with Crippen LogP contribution >= 0.6 is 0 Å². The molecule has 3 unspecified atom stereocenters. The molecule has 8 radical (unpaired) electrons. The van der Waals surface area contributed by atoms with E-state index in [1.165, 1.54) is 24.1 Å². The number of fused-ring (bicyclic) bond motifs is 1. The molecule has 0 aromatic carbocycles. The van der Waals surface area contributed by atoms with E-state index in [1.807, 2.05) is 0 Å². The monoisotopic (exact) mass is 412 g/mol. The number of hydrogen-bond donors (Lipinski definition) is 5. The van der Waals surface area contributed by atoms with Crippen LogP contribution in [0.1, 0.15) is 6.92 Å². The summed E-state index contributed by atoms with van der Waals surface area (Å²) >= 11 is 0. The highest BCUT2D eigenvalue weighted by atomic mass is 16.5. The van der Waals surface area contributed by atoms with Gasteiger partial charge in [-0.15, -0.1) is 0 Å². The van der Waals surface area contributed by atoms with Crippen LogP contribution in [0.15, 0.2) is 31.0 Å². The minimum Gasteiger partial charge on any atom is -0.398 e. The highest BCUT2D eigenvalue weighted by Gasteiger charge is 2.72. The van der Waals surface area contributed by atoms with Crippen molar-refractivity contribution in [2.45, 2.75) is 35.5 Å². The van der Waals surface area contributed by atoms with Gasteiger partial charge in [0.2, 0.25) is 0 Å². The first-order valence-electron chi connectivity index (χ1n) is 8.99. The lowest BCUT2D eigenvalue weighted by molar-refractivity contribution is -0.208. The Bertz CT molecular complexity index is 1110. The molecule has 0 saturated heterocycles. The Kier molecular flexibility index (Phi) is 5.61. The molecular formula is C17H16B4N6O4. The highest BCUT2D eigenvalue weighted by molar-refractivity contribution is 6.48. The summed E-state index contributed by atoms with van der Waals surface area (Å²) in [5, 5.41) is 51.1. The number of H-pyrrole nitrogens is 1. The molecule has 1 aliphatic rings. The molecule has 3 aromatic rings. The fraction of sp³-hybridized carbons (Fsp3) is 0.412. The lowest BCUT2D eigenvalue weighted by Crippen LogP contribution is -2.60. The normalized spacial score (nSPS) is 28.6. The molecule has 3 atom stereocenters. The minimum atomic E-state index is -3.01.